The molecule has 0 saturated carbocycles. The van der Waals surface area contributed by atoms with Gasteiger partial charge in [0, 0.05) is 32.8 Å². The van der Waals surface area contributed by atoms with E-state index in [1.807, 2.05) is 4.57 Å². The average molecular weight is 555 g/mol. The molecule has 0 aliphatic carbocycles. The van der Waals surface area contributed by atoms with Crippen molar-refractivity contribution in [3.63, 3.8) is 0 Å². The number of unbranched alkanes of at least 4 members (excludes halogenated alkanes) is 4. The molecule has 38 heavy (non-hydrogen) atoms. The van der Waals surface area contributed by atoms with Gasteiger partial charge in [-0.15, -0.1) is 0 Å². The number of aromatic nitrogens is 4. The minimum absolute atomic E-state index is 0.231. The van der Waals surface area contributed by atoms with Gasteiger partial charge in [0.2, 0.25) is 0 Å². The summed E-state index contributed by atoms with van der Waals surface area (Å²) < 4.78 is 34.5. The van der Waals surface area contributed by atoms with Crippen molar-refractivity contribution in [2.45, 2.75) is 116 Å². The standard InChI is InChI=1S/C28H47ClN4O5/c1-5-9-13-34-18-22-26(37-16-12-8-4)25(36-15-11-7-3)21(35-14-10-6-2)17-23(38-22)33-20-32-24-27(29)30-19-31-28(24)33/h19-23,25-26H,5-18H2,1-4H3/t21-,22+,23-,25+,26-/m0/s1. The van der Waals surface area contributed by atoms with Crippen LogP contribution in [0.15, 0.2) is 12.7 Å². The number of nitrogens with zero attached hydrogens (tertiary/aromatic N) is 4. The molecule has 3 heterocycles. The number of hydrogen-bond donors (Lipinski definition) is 0. The van der Waals surface area contributed by atoms with Gasteiger partial charge < -0.3 is 23.7 Å². The molecule has 0 radical (unpaired) electrons. The molecule has 0 unspecified atom stereocenters. The van der Waals surface area contributed by atoms with Crippen LogP contribution in [0.1, 0.15) is 91.7 Å². The topological polar surface area (TPSA) is 89.8 Å². The predicted octanol–water partition coefficient (Wildman–Crippen LogP) is 6.14. The molecule has 2 aromatic rings. The minimum atomic E-state index is -0.408. The fraction of sp³-hybridized carbons (Fsp3) is 0.821. The number of rotatable bonds is 18. The van der Waals surface area contributed by atoms with Crippen LogP contribution in [0.4, 0.5) is 0 Å². The highest BCUT2D eigenvalue weighted by Crippen LogP contribution is 2.34. The third-order valence-corrected chi connectivity index (χ3v) is 7.09. The van der Waals surface area contributed by atoms with E-state index in [9.17, 15) is 0 Å². The number of hydrogen-bond acceptors (Lipinski definition) is 8. The molecule has 0 aromatic carbocycles. The van der Waals surface area contributed by atoms with Crippen molar-refractivity contribution in [2.75, 3.05) is 33.0 Å². The van der Waals surface area contributed by atoms with Crippen LogP contribution < -0.4 is 0 Å². The van der Waals surface area contributed by atoms with Crippen LogP contribution in [0.5, 0.6) is 0 Å². The lowest BCUT2D eigenvalue weighted by atomic mass is 10.0. The molecular formula is C28H47ClN4O5. The molecule has 1 aliphatic rings. The first-order valence-electron chi connectivity index (χ1n) is 14.5. The Morgan fingerprint density at radius 1 is 0.842 bits per heavy atom. The molecule has 1 aliphatic heterocycles. The van der Waals surface area contributed by atoms with Gasteiger partial charge in [-0.25, -0.2) is 15.0 Å². The monoisotopic (exact) mass is 554 g/mol. The quantitative estimate of drug-likeness (QED) is 0.160. The maximum Gasteiger partial charge on any atom is 0.166 e. The second kappa shape index (κ2) is 17.4. The van der Waals surface area contributed by atoms with Gasteiger partial charge in [-0.05, 0) is 25.7 Å². The summed E-state index contributed by atoms with van der Waals surface area (Å²) in [5.41, 5.74) is 1.18. The zero-order chi connectivity index (χ0) is 27.2. The van der Waals surface area contributed by atoms with Crippen LogP contribution in [0, 0.1) is 0 Å². The summed E-state index contributed by atoms with van der Waals surface area (Å²) >= 11 is 6.32. The summed E-state index contributed by atoms with van der Waals surface area (Å²) in [7, 11) is 0. The lowest BCUT2D eigenvalue weighted by Crippen LogP contribution is -2.49. The lowest BCUT2D eigenvalue weighted by Gasteiger charge is -2.34. The Morgan fingerprint density at radius 3 is 2.16 bits per heavy atom. The SMILES string of the molecule is CCCCOC[C@H]1O[C@H](n2cnc3c(Cl)ncnc32)C[C@H](OCCCC)[C@@H](OCCCC)[C@H]1OCCCC. The second-order valence-corrected chi connectivity index (χ2v) is 10.3. The van der Waals surface area contributed by atoms with E-state index in [1.54, 1.807) is 6.33 Å². The van der Waals surface area contributed by atoms with E-state index in [0.29, 0.717) is 55.8 Å². The molecule has 0 spiro atoms. The lowest BCUT2D eigenvalue weighted by molar-refractivity contribution is -0.176. The van der Waals surface area contributed by atoms with Crippen molar-refractivity contribution in [2.24, 2.45) is 0 Å². The molecule has 1 saturated heterocycles. The largest absolute Gasteiger partial charge is 0.379 e. The first-order valence-corrected chi connectivity index (χ1v) is 14.9. The summed E-state index contributed by atoms with van der Waals surface area (Å²) in [6.07, 6.45) is 10.3. The molecule has 5 atom stereocenters. The molecule has 3 rings (SSSR count). The molecule has 10 heteroatoms. The Labute approximate surface area is 232 Å². The molecule has 0 amide bonds. The van der Waals surface area contributed by atoms with Crippen LogP contribution in [0.25, 0.3) is 11.2 Å². The molecule has 0 N–H and O–H groups in total. The molecule has 216 valence electrons. The smallest absolute Gasteiger partial charge is 0.166 e. The van der Waals surface area contributed by atoms with Gasteiger partial charge in [-0.2, -0.15) is 0 Å². The van der Waals surface area contributed by atoms with Crippen LogP contribution in [0.2, 0.25) is 5.15 Å². The third kappa shape index (κ3) is 8.83. The van der Waals surface area contributed by atoms with Crippen molar-refractivity contribution in [3.05, 3.63) is 17.8 Å². The summed E-state index contributed by atoms with van der Waals surface area (Å²) in [5.74, 6) is 0. The van der Waals surface area contributed by atoms with Gasteiger partial charge in [0.25, 0.3) is 0 Å². The Bertz CT molecular complexity index is 916. The van der Waals surface area contributed by atoms with E-state index < -0.39 is 6.23 Å². The number of ether oxygens (including phenoxy) is 5. The van der Waals surface area contributed by atoms with E-state index in [2.05, 4.69) is 42.6 Å². The fourth-order valence-corrected chi connectivity index (χ4v) is 4.73. The maximum atomic E-state index is 6.81. The fourth-order valence-electron chi connectivity index (χ4n) is 4.56. The highest BCUT2D eigenvalue weighted by Gasteiger charge is 2.44. The van der Waals surface area contributed by atoms with E-state index in [4.69, 9.17) is 35.3 Å². The first-order chi connectivity index (χ1) is 18.6. The summed E-state index contributed by atoms with van der Waals surface area (Å²) in [6, 6.07) is 0. The van der Waals surface area contributed by atoms with Gasteiger partial charge in [0.1, 0.15) is 36.4 Å². The zero-order valence-electron chi connectivity index (χ0n) is 23.6. The van der Waals surface area contributed by atoms with Gasteiger partial charge in [0.15, 0.2) is 10.8 Å². The van der Waals surface area contributed by atoms with E-state index in [-0.39, 0.29) is 24.4 Å². The van der Waals surface area contributed by atoms with Gasteiger partial charge in [-0.3, -0.25) is 4.57 Å². The Kier molecular flexibility index (Phi) is 14.2. The van der Waals surface area contributed by atoms with Crippen molar-refractivity contribution >= 4 is 22.8 Å². The van der Waals surface area contributed by atoms with Crippen LogP contribution in [-0.2, 0) is 23.7 Å². The van der Waals surface area contributed by atoms with Crippen LogP contribution in [-0.4, -0.2) is 77.0 Å². The summed E-state index contributed by atoms with van der Waals surface area (Å²) in [4.78, 5) is 13.0. The molecule has 0 bridgehead atoms. The second-order valence-electron chi connectivity index (χ2n) is 9.92. The summed E-state index contributed by atoms with van der Waals surface area (Å²) in [6.45, 7) is 11.7. The van der Waals surface area contributed by atoms with Crippen molar-refractivity contribution in [1.29, 1.82) is 0 Å². The predicted molar refractivity (Wildman–Crippen MR) is 149 cm³/mol. The van der Waals surface area contributed by atoms with E-state index in [0.717, 1.165) is 51.4 Å². The van der Waals surface area contributed by atoms with Gasteiger partial charge in [-0.1, -0.05) is 65.0 Å². The normalized spacial score (nSPS) is 24.2. The van der Waals surface area contributed by atoms with E-state index in [1.165, 1.54) is 6.33 Å². The van der Waals surface area contributed by atoms with E-state index >= 15 is 0 Å². The third-order valence-electron chi connectivity index (χ3n) is 6.82. The maximum absolute atomic E-state index is 6.81. The Balaban J connectivity index is 1.98. The van der Waals surface area contributed by atoms with Gasteiger partial charge >= 0.3 is 0 Å². The Morgan fingerprint density at radius 2 is 1.47 bits per heavy atom. The molecule has 9 nitrogen and oxygen atoms in total. The zero-order valence-corrected chi connectivity index (χ0v) is 24.4. The minimum Gasteiger partial charge on any atom is -0.379 e. The van der Waals surface area contributed by atoms with Crippen LogP contribution in [0.3, 0.4) is 0 Å². The number of fused-ring (bicyclic) bond motifs is 1. The van der Waals surface area contributed by atoms with Gasteiger partial charge in [0.05, 0.1) is 19.0 Å². The highest BCUT2D eigenvalue weighted by atomic mass is 35.5. The highest BCUT2D eigenvalue weighted by molar-refractivity contribution is 6.33. The average Bonchev–Trinajstić information content (AvgIpc) is 3.30. The van der Waals surface area contributed by atoms with Crippen molar-refractivity contribution in [1.82, 2.24) is 19.5 Å². The Hall–Kier alpha value is -1.36. The van der Waals surface area contributed by atoms with Crippen LogP contribution >= 0.6 is 11.6 Å². The number of imidazole rings is 1. The van der Waals surface area contributed by atoms with Crippen molar-refractivity contribution in [3.8, 4) is 0 Å². The number of halogens is 1. The molecular weight excluding hydrogens is 508 g/mol. The first kappa shape index (κ1) is 31.2. The summed E-state index contributed by atoms with van der Waals surface area (Å²) in [5, 5.41) is 0.319. The molecule has 1 fully saturated rings. The van der Waals surface area contributed by atoms with Crippen molar-refractivity contribution < 1.29 is 23.7 Å². The molecule has 2 aromatic heterocycles.